The molecule has 0 aliphatic heterocycles. The molecule has 6 heteroatoms. The van der Waals surface area contributed by atoms with Crippen molar-refractivity contribution in [2.45, 2.75) is 13.0 Å². The molecule has 0 saturated heterocycles. The summed E-state index contributed by atoms with van der Waals surface area (Å²) in [6.07, 6.45) is 0. The van der Waals surface area contributed by atoms with Gasteiger partial charge in [0, 0.05) is 15.4 Å². The van der Waals surface area contributed by atoms with Gasteiger partial charge in [0.05, 0.1) is 18.3 Å². The monoisotopic (exact) mass is 353 g/mol. The first-order valence-corrected chi connectivity index (χ1v) is 7.92. The Morgan fingerprint density at radius 1 is 1.40 bits per heavy atom. The minimum Gasteiger partial charge on any atom is -0.346 e. The van der Waals surface area contributed by atoms with E-state index in [4.69, 9.17) is 0 Å². The SMILES string of the molecule is CNCC(=O)NC(C)c1nc(-c2ccc(Br)cc2)cs1. The molecule has 1 amide bonds. The fraction of sp³-hybridized carbons (Fsp3) is 0.286. The number of hydrogen-bond acceptors (Lipinski definition) is 4. The lowest BCUT2D eigenvalue weighted by Crippen LogP contribution is -2.33. The predicted molar refractivity (Wildman–Crippen MR) is 85.7 cm³/mol. The lowest BCUT2D eigenvalue weighted by atomic mass is 10.2. The summed E-state index contributed by atoms with van der Waals surface area (Å²) in [7, 11) is 1.75. The molecule has 1 aromatic heterocycles. The second-order valence-electron chi connectivity index (χ2n) is 4.40. The van der Waals surface area contributed by atoms with E-state index >= 15 is 0 Å². The van der Waals surface area contributed by atoms with Crippen LogP contribution < -0.4 is 10.6 Å². The maximum atomic E-state index is 11.5. The molecule has 1 unspecified atom stereocenters. The van der Waals surface area contributed by atoms with E-state index < -0.39 is 0 Å². The zero-order chi connectivity index (χ0) is 14.5. The van der Waals surface area contributed by atoms with Gasteiger partial charge in [0.25, 0.3) is 0 Å². The minimum absolute atomic E-state index is 0.0274. The van der Waals surface area contributed by atoms with E-state index in [-0.39, 0.29) is 11.9 Å². The Kier molecular flexibility index (Phi) is 5.28. The zero-order valence-corrected chi connectivity index (χ0v) is 13.7. The zero-order valence-electron chi connectivity index (χ0n) is 11.3. The number of thiazole rings is 1. The Hall–Kier alpha value is -1.24. The van der Waals surface area contributed by atoms with Gasteiger partial charge in [-0.2, -0.15) is 0 Å². The van der Waals surface area contributed by atoms with Gasteiger partial charge < -0.3 is 10.6 Å². The maximum Gasteiger partial charge on any atom is 0.234 e. The molecule has 0 aliphatic carbocycles. The van der Waals surface area contributed by atoms with E-state index in [1.165, 1.54) is 0 Å². The topological polar surface area (TPSA) is 54.0 Å². The highest BCUT2D eigenvalue weighted by molar-refractivity contribution is 9.10. The van der Waals surface area contributed by atoms with Crippen LogP contribution in [0.4, 0.5) is 0 Å². The predicted octanol–water partition coefficient (Wildman–Crippen LogP) is 2.97. The van der Waals surface area contributed by atoms with E-state index in [1.807, 2.05) is 36.6 Å². The first kappa shape index (κ1) is 15.2. The molecule has 0 saturated carbocycles. The molecule has 1 aromatic carbocycles. The molecule has 0 radical (unpaired) electrons. The Morgan fingerprint density at radius 3 is 2.75 bits per heavy atom. The average molecular weight is 354 g/mol. The van der Waals surface area contributed by atoms with Gasteiger partial charge in [-0.25, -0.2) is 4.98 Å². The van der Waals surface area contributed by atoms with Crippen molar-refractivity contribution in [2.75, 3.05) is 13.6 Å². The first-order valence-electron chi connectivity index (χ1n) is 6.25. The number of carbonyl (C=O) groups excluding carboxylic acids is 1. The number of carbonyl (C=O) groups is 1. The van der Waals surface area contributed by atoms with Crippen LogP contribution in [0, 0.1) is 0 Å². The van der Waals surface area contributed by atoms with Crippen LogP contribution in [0.2, 0.25) is 0 Å². The van der Waals surface area contributed by atoms with Gasteiger partial charge in [-0.3, -0.25) is 4.79 Å². The van der Waals surface area contributed by atoms with Crippen LogP contribution in [0.15, 0.2) is 34.1 Å². The third-order valence-electron chi connectivity index (χ3n) is 2.75. The van der Waals surface area contributed by atoms with Crippen LogP contribution in [-0.2, 0) is 4.79 Å². The van der Waals surface area contributed by atoms with Crippen LogP contribution in [0.5, 0.6) is 0 Å². The smallest absolute Gasteiger partial charge is 0.234 e. The number of nitrogens with one attached hydrogen (secondary N) is 2. The van der Waals surface area contributed by atoms with Gasteiger partial charge >= 0.3 is 0 Å². The number of rotatable bonds is 5. The number of aromatic nitrogens is 1. The Labute approximate surface area is 130 Å². The van der Waals surface area contributed by atoms with Crippen molar-refractivity contribution in [3.63, 3.8) is 0 Å². The highest BCUT2D eigenvalue weighted by Gasteiger charge is 2.13. The molecule has 1 heterocycles. The first-order chi connectivity index (χ1) is 9.60. The van der Waals surface area contributed by atoms with Crippen molar-refractivity contribution in [2.24, 2.45) is 0 Å². The summed E-state index contributed by atoms with van der Waals surface area (Å²) in [6, 6.07) is 7.95. The molecule has 0 fully saturated rings. The second kappa shape index (κ2) is 6.97. The third kappa shape index (κ3) is 3.88. The Bertz CT molecular complexity index is 582. The van der Waals surface area contributed by atoms with Gasteiger partial charge in [0.15, 0.2) is 0 Å². The summed E-state index contributed by atoms with van der Waals surface area (Å²) >= 11 is 4.98. The fourth-order valence-electron chi connectivity index (χ4n) is 1.75. The van der Waals surface area contributed by atoms with Crippen LogP contribution in [-0.4, -0.2) is 24.5 Å². The largest absolute Gasteiger partial charge is 0.346 e. The lowest BCUT2D eigenvalue weighted by Gasteiger charge is -2.10. The molecule has 2 N–H and O–H groups in total. The number of likely N-dealkylation sites (N-methyl/N-ethyl adjacent to an activating group) is 1. The molecule has 0 bridgehead atoms. The number of nitrogens with zero attached hydrogens (tertiary/aromatic N) is 1. The van der Waals surface area contributed by atoms with E-state index in [1.54, 1.807) is 18.4 Å². The highest BCUT2D eigenvalue weighted by Crippen LogP contribution is 2.26. The van der Waals surface area contributed by atoms with E-state index in [0.717, 1.165) is 20.7 Å². The molecule has 106 valence electrons. The van der Waals surface area contributed by atoms with Gasteiger partial charge in [0.2, 0.25) is 5.91 Å². The molecule has 1 atom stereocenters. The number of amides is 1. The van der Waals surface area contributed by atoms with Crippen molar-refractivity contribution in [1.29, 1.82) is 0 Å². The summed E-state index contributed by atoms with van der Waals surface area (Å²) in [5, 5.41) is 8.66. The van der Waals surface area contributed by atoms with E-state index in [2.05, 4.69) is 31.5 Å². The average Bonchev–Trinajstić information content (AvgIpc) is 2.89. The van der Waals surface area contributed by atoms with Crippen molar-refractivity contribution < 1.29 is 4.79 Å². The third-order valence-corrected chi connectivity index (χ3v) is 4.30. The van der Waals surface area contributed by atoms with Crippen LogP contribution in [0.1, 0.15) is 18.0 Å². The molecule has 20 heavy (non-hydrogen) atoms. The van der Waals surface area contributed by atoms with Crippen molar-refractivity contribution in [3.8, 4) is 11.3 Å². The van der Waals surface area contributed by atoms with E-state index in [0.29, 0.717) is 6.54 Å². The van der Waals surface area contributed by atoms with Crippen LogP contribution in [0.3, 0.4) is 0 Å². The summed E-state index contributed by atoms with van der Waals surface area (Å²) in [5.74, 6) is -0.0274. The number of hydrogen-bond donors (Lipinski definition) is 2. The van der Waals surface area contributed by atoms with Crippen LogP contribution >= 0.6 is 27.3 Å². The molecule has 0 spiro atoms. The number of halogens is 1. The minimum atomic E-state index is -0.0787. The number of benzene rings is 1. The van der Waals surface area contributed by atoms with Crippen molar-refractivity contribution in [3.05, 3.63) is 39.1 Å². The van der Waals surface area contributed by atoms with E-state index in [9.17, 15) is 4.79 Å². The highest BCUT2D eigenvalue weighted by atomic mass is 79.9. The quantitative estimate of drug-likeness (QED) is 0.868. The van der Waals surface area contributed by atoms with Gasteiger partial charge in [-0.1, -0.05) is 28.1 Å². The molecule has 2 aromatic rings. The maximum absolute atomic E-state index is 11.5. The van der Waals surface area contributed by atoms with Gasteiger partial charge in [0.1, 0.15) is 5.01 Å². The summed E-state index contributed by atoms with van der Waals surface area (Å²) in [6.45, 7) is 2.26. The lowest BCUT2D eigenvalue weighted by molar-refractivity contribution is -0.120. The molecular weight excluding hydrogens is 338 g/mol. The molecule has 2 rings (SSSR count). The van der Waals surface area contributed by atoms with Gasteiger partial charge in [-0.05, 0) is 26.1 Å². The Morgan fingerprint density at radius 2 is 2.10 bits per heavy atom. The molecular formula is C14H16BrN3OS. The second-order valence-corrected chi connectivity index (χ2v) is 6.20. The van der Waals surface area contributed by atoms with Crippen molar-refractivity contribution >= 4 is 33.2 Å². The normalized spacial score (nSPS) is 12.2. The molecule has 0 aliphatic rings. The summed E-state index contributed by atoms with van der Waals surface area (Å²) in [4.78, 5) is 16.1. The fourth-order valence-corrected chi connectivity index (χ4v) is 2.85. The summed E-state index contributed by atoms with van der Waals surface area (Å²) in [5.41, 5.74) is 2.01. The van der Waals surface area contributed by atoms with Crippen LogP contribution in [0.25, 0.3) is 11.3 Å². The standard InChI is InChI=1S/C14H16BrN3OS/c1-9(17-13(19)7-16-2)14-18-12(8-20-14)10-3-5-11(15)6-4-10/h3-6,8-9,16H,7H2,1-2H3,(H,17,19). The van der Waals surface area contributed by atoms with Crippen molar-refractivity contribution in [1.82, 2.24) is 15.6 Å². The van der Waals surface area contributed by atoms with Gasteiger partial charge in [-0.15, -0.1) is 11.3 Å². The Balaban J connectivity index is 2.08. The molecule has 4 nitrogen and oxygen atoms in total. The summed E-state index contributed by atoms with van der Waals surface area (Å²) < 4.78 is 1.05.